The molecule has 0 aromatic heterocycles. The molecular formula is C19H35N3O2. The van der Waals surface area contributed by atoms with Crippen LogP contribution in [0.1, 0.15) is 46.5 Å². The fourth-order valence-electron chi connectivity index (χ4n) is 4.45. The lowest BCUT2D eigenvalue weighted by Crippen LogP contribution is -2.52. The minimum atomic E-state index is 0.227. The first-order valence-electron chi connectivity index (χ1n) is 9.81. The summed E-state index contributed by atoms with van der Waals surface area (Å²) in [5.74, 6) is 0.674. The van der Waals surface area contributed by atoms with Gasteiger partial charge in [-0.2, -0.15) is 0 Å². The Morgan fingerprint density at radius 3 is 2.00 bits per heavy atom. The Hall–Kier alpha value is -0.650. The van der Waals surface area contributed by atoms with Crippen LogP contribution in [0, 0.1) is 5.92 Å². The first kappa shape index (κ1) is 18.2. The first-order valence-corrected chi connectivity index (χ1v) is 9.81. The largest absolute Gasteiger partial charge is 0.379 e. The lowest BCUT2D eigenvalue weighted by atomic mass is 9.91. The van der Waals surface area contributed by atoms with E-state index in [2.05, 4.69) is 35.5 Å². The Kier molecular flexibility index (Phi) is 5.83. The predicted octanol–water partition coefficient (Wildman–Crippen LogP) is 1.82. The number of hydrogen-bond donors (Lipinski definition) is 0. The van der Waals surface area contributed by atoms with Crippen LogP contribution in [0.2, 0.25) is 0 Å². The van der Waals surface area contributed by atoms with Crippen LogP contribution in [0.25, 0.3) is 0 Å². The number of likely N-dealkylation sites (tertiary alicyclic amines) is 2. The van der Waals surface area contributed by atoms with Crippen molar-refractivity contribution in [3.8, 4) is 0 Å². The molecule has 5 nitrogen and oxygen atoms in total. The summed E-state index contributed by atoms with van der Waals surface area (Å²) in [6.45, 7) is 14.7. The van der Waals surface area contributed by atoms with E-state index in [1.54, 1.807) is 0 Å². The Labute approximate surface area is 147 Å². The smallest absolute Gasteiger partial charge is 0.225 e. The van der Waals surface area contributed by atoms with Gasteiger partial charge in [0.2, 0.25) is 5.91 Å². The summed E-state index contributed by atoms with van der Waals surface area (Å²) in [6, 6.07) is 0.653. The molecule has 0 aromatic rings. The average Bonchev–Trinajstić information content (AvgIpc) is 2.61. The highest BCUT2D eigenvalue weighted by molar-refractivity contribution is 5.79. The average molecular weight is 338 g/mol. The van der Waals surface area contributed by atoms with Gasteiger partial charge >= 0.3 is 0 Å². The van der Waals surface area contributed by atoms with Crippen LogP contribution >= 0.6 is 0 Å². The molecule has 0 aromatic carbocycles. The number of nitrogens with zero attached hydrogens (tertiary/aromatic N) is 3. The number of rotatable bonds is 2. The molecule has 0 spiro atoms. The molecule has 5 heteroatoms. The van der Waals surface area contributed by atoms with Crippen molar-refractivity contribution in [3.63, 3.8) is 0 Å². The highest BCUT2D eigenvalue weighted by atomic mass is 16.5. The predicted molar refractivity (Wildman–Crippen MR) is 96.0 cm³/mol. The van der Waals surface area contributed by atoms with Crippen LogP contribution in [-0.4, -0.2) is 84.7 Å². The minimum Gasteiger partial charge on any atom is -0.379 e. The summed E-state index contributed by atoms with van der Waals surface area (Å²) in [6.07, 6.45) is 4.32. The summed E-state index contributed by atoms with van der Waals surface area (Å²) < 4.78 is 5.45. The lowest BCUT2D eigenvalue weighted by Gasteiger charge is -2.43. The molecular weight excluding hydrogens is 302 g/mol. The molecule has 3 aliphatic rings. The number of amides is 1. The molecule has 3 rings (SSSR count). The van der Waals surface area contributed by atoms with Crippen LogP contribution in [0.3, 0.4) is 0 Å². The van der Waals surface area contributed by atoms with Crippen molar-refractivity contribution in [2.75, 3.05) is 52.5 Å². The second-order valence-electron chi connectivity index (χ2n) is 8.64. The number of hydrogen-bond acceptors (Lipinski definition) is 4. The van der Waals surface area contributed by atoms with Crippen molar-refractivity contribution in [3.05, 3.63) is 0 Å². The third-order valence-electron chi connectivity index (χ3n) is 6.13. The van der Waals surface area contributed by atoms with Crippen molar-refractivity contribution in [1.82, 2.24) is 14.7 Å². The minimum absolute atomic E-state index is 0.227. The van der Waals surface area contributed by atoms with Gasteiger partial charge in [-0.05, 0) is 59.5 Å². The molecule has 0 saturated carbocycles. The van der Waals surface area contributed by atoms with Crippen molar-refractivity contribution in [1.29, 1.82) is 0 Å². The molecule has 0 radical (unpaired) electrons. The van der Waals surface area contributed by atoms with Gasteiger partial charge in [-0.15, -0.1) is 0 Å². The normalized spacial score (nSPS) is 26.7. The van der Waals surface area contributed by atoms with Crippen molar-refractivity contribution < 1.29 is 9.53 Å². The summed E-state index contributed by atoms with van der Waals surface area (Å²) >= 11 is 0. The van der Waals surface area contributed by atoms with Crippen LogP contribution in [-0.2, 0) is 9.53 Å². The molecule has 0 bridgehead atoms. The van der Waals surface area contributed by atoms with E-state index >= 15 is 0 Å². The van der Waals surface area contributed by atoms with Crippen LogP contribution in [0.15, 0.2) is 0 Å². The molecule has 138 valence electrons. The van der Waals surface area contributed by atoms with E-state index < -0.39 is 0 Å². The molecule has 24 heavy (non-hydrogen) atoms. The highest BCUT2D eigenvalue weighted by Crippen LogP contribution is 2.27. The van der Waals surface area contributed by atoms with Gasteiger partial charge in [0, 0.05) is 43.7 Å². The molecule has 1 amide bonds. The van der Waals surface area contributed by atoms with E-state index in [1.165, 1.54) is 0 Å². The second-order valence-corrected chi connectivity index (χ2v) is 8.64. The third kappa shape index (κ3) is 4.30. The van der Waals surface area contributed by atoms with Gasteiger partial charge in [-0.3, -0.25) is 14.6 Å². The van der Waals surface area contributed by atoms with E-state index in [4.69, 9.17) is 4.74 Å². The molecule has 0 atom stereocenters. The van der Waals surface area contributed by atoms with Crippen molar-refractivity contribution in [2.45, 2.75) is 58.0 Å². The number of piperidine rings is 2. The first-order chi connectivity index (χ1) is 11.4. The Morgan fingerprint density at radius 1 is 0.875 bits per heavy atom. The monoisotopic (exact) mass is 337 g/mol. The molecule has 3 fully saturated rings. The summed E-state index contributed by atoms with van der Waals surface area (Å²) in [7, 11) is 0. The van der Waals surface area contributed by atoms with Gasteiger partial charge < -0.3 is 9.64 Å². The molecule has 3 heterocycles. The fourth-order valence-corrected chi connectivity index (χ4v) is 4.45. The van der Waals surface area contributed by atoms with E-state index in [1.807, 2.05) is 0 Å². The van der Waals surface area contributed by atoms with Gasteiger partial charge in [-0.25, -0.2) is 0 Å². The van der Waals surface area contributed by atoms with E-state index in [9.17, 15) is 4.79 Å². The van der Waals surface area contributed by atoms with Gasteiger partial charge in [0.25, 0.3) is 0 Å². The summed E-state index contributed by atoms with van der Waals surface area (Å²) in [4.78, 5) is 20.1. The Morgan fingerprint density at radius 2 is 1.46 bits per heavy atom. The Balaban J connectivity index is 1.44. The van der Waals surface area contributed by atoms with E-state index in [-0.39, 0.29) is 11.5 Å². The maximum Gasteiger partial charge on any atom is 0.225 e. The van der Waals surface area contributed by atoms with Crippen molar-refractivity contribution in [2.24, 2.45) is 5.92 Å². The van der Waals surface area contributed by atoms with E-state index in [0.717, 1.165) is 78.2 Å². The summed E-state index contributed by atoms with van der Waals surface area (Å²) in [5, 5.41) is 0. The van der Waals surface area contributed by atoms with Gasteiger partial charge in [-0.1, -0.05) is 0 Å². The standard InChI is InChI=1S/C19H35N3O2/c1-19(2,3)22-10-4-16(5-11-22)18(23)21-8-6-17(7-9-21)20-12-14-24-15-13-20/h16-17H,4-15H2,1-3H3. The van der Waals surface area contributed by atoms with Gasteiger partial charge in [0.05, 0.1) is 13.2 Å². The quantitative estimate of drug-likeness (QED) is 0.770. The SMILES string of the molecule is CC(C)(C)N1CCC(C(=O)N2CCC(N3CCOCC3)CC2)CC1. The van der Waals surface area contributed by atoms with Gasteiger partial charge in [0.1, 0.15) is 0 Å². The van der Waals surface area contributed by atoms with E-state index in [0.29, 0.717) is 11.9 Å². The number of morpholine rings is 1. The topological polar surface area (TPSA) is 36.0 Å². The lowest BCUT2D eigenvalue weighted by molar-refractivity contribution is -0.139. The zero-order chi connectivity index (χ0) is 17.2. The van der Waals surface area contributed by atoms with Crippen LogP contribution < -0.4 is 0 Å². The molecule has 0 aliphatic carbocycles. The number of ether oxygens (including phenoxy) is 1. The Bertz CT molecular complexity index is 413. The number of carbonyl (C=O) groups excluding carboxylic acids is 1. The molecule has 3 aliphatic heterocycles. The molecule has 0 unspecified atom stereocenters. The number of carbonyl (C=O) groups is 1. The third-order valence-corrected chi connectivity index (χ3v) is 6.13. The maximum atomic E-state index is 12.9. The fraction of sp³-hybridized carbons (Fsp3) is 0.947. The maximum absolute atomic E-state index is 12.9. The zero-order valence-electron chi connectivity index (χ0n) is 15.8. The van der Waals surface area contributed by atoms with Crippen LogP contribution in [0.4, 0.5) is 0 Å². The zero-order valence-corrected chi connectivity index (χ0v) is 15.8. The molecule has 0 N–H and O–H groups in total. The van der Waals surface area contributed by atoms with Gasteiger partial charge in [0.15, 0.2) is 0 Å². The van der Waals surface area contributed by atoms with Crippen LogP contribution in [0.5, 0.6) is 0 Å². The highest BCUT2D eigenvalue weighted by Gasteiger charge is 2.34. The second kappa shape index (κ2) is 7.71. The molecule has 3 saturated heterocycles. The summed E-state index contributed by atoms with van der Waals surface area (Å²) in [5.41, 5.74) is 0.227. The van der Waals surface area contributed by atoms with Crippen molar-refractivity contribution >= 4 is 5.91 Å².